The van der Waals surface area contributed by atoms with Crippen molar-refractivity contribution in [3.8, 4) is 0 Å². The van der Waals surface area contributed by atoms with Crippen molar-refractivity contribution >= 4 is 0 Å². The highest BCUT2D eigenvalue weighted by molar-refractivity contribution is 5.09. The fourth-order valence-electron chi connectivity index (χ4n) is 2.60. The van der Waals surface area contributed by atoms with Gasteiger partial charge in [0.2, 0.25) is 5.89 Å². The van der Waals surface area contributed by atoms with Crippen LogP contribution >= 0.6 is 0 Å². The first-order valence-electron chi connectivity index (χ1n) is 7.04. The van der Waals surface area contributed by atoms with Gasteiger partial charge in [-0.25, -0.2) is 0 Å². The number of alkyl halides is 3. The van der Waals surface area contributed by atoms with Crippen molar-refractivity contribution in [3.63, 3.8) is 0 Å². The Labute approximate surface area is 125 Å². The molecule has 0 unspecified atom stereocenters. The van der Waals surface area contributed by atoms with Gasteiger partial charge in [-0.05, 0) is 43.6 Å². The van der Waals surface area contributed by atoms with Crippen molar-refractivity contribution in [2.45, 2.75) is 31.5 Å². The summed E-state index contributed by atoms with van der Waals surface area (Å²) in [4.78, 5) is 6.23. The number of hydrogen-bond donors (Lipinski definition) is 0. The SMILES string of the molecule is FC(F)(F)c1nnc(C2CCN(Cc3ccncc3)CC2)o1. The van der Waals surface area contributed by atoms with Crippen molar-refractivity contribution in [3.05, 3.63) is 41.9 Å². The Bertz CT molecular complexity index is 606. The maximum Gasteiger partial charge on any atom is 0.470 e. The molecular weight excluding hydrogens is 297 g/mol. The molecule has 1 saturated heterocycles. The molecule has 2 aromatic rings. The van der Waals surface area contributed by atoms with E-state index in [0.717, 1.165) is 19.6 Å². The third-order valence-electron chi connectivity index (χ3n) is 3.78. The van der Waals surface area contributed by atoms with Gasteiger partial charge in [-0.1, -0.05) is 0 Å². The number of piperidine rings is 1. The van der Waals surface area contributed by atoms with Gasteiger partial charge in [0.15, 0.2) is 0 Å². The van der Waals surface area contributed by atoms with Crippen molar-refractivity contribution in [2.75, 3.05) is 13.1 Å². The van der Waals surface area contributed by atoms with Crippen molar-refractivity contribution < 1.29 is 17.6 Å². The fraction of sp³-hybridized carbons (Fsp3) is 0.500. The molecule has 0 atom stereocenters. The number of pyridine rings is 1. The largest absolute Gasteiger partial charge is 0.470 e. The molecule has 0 saturated carbocycles. The minimum atomic E-state index is -4.58. The summed E-state index contributed by atoms with van der Waals surface area (Å²) in [5, 5.41) is 6.64. The number of likely N-dealkylation sites (tertiary alicyclic amines) is 1. The van der Waals surface area contributed by atoms with Crippen LogP contribution in [-0.2, 0) is 12.7 Å². The van der Waals surface area contributed by atoms with E-state index in [1.807, 2.05) is 12.1 Å². The summed E-state index contributed by atoms with van der Waals surface area (Å²) >= 11 is 0. The Hall–Kier alpha value is -1.96. The minimum absolute atomic E-state index is 0.0934. The Kier molecular flexibility index (Phi) is 4.10. The van der Waals surface area contributed by atoms with E-state index in [1.54, 1.807) is 12.4 Å². The molecule has 5 nitrogen and oxygen atoms in total. The maximum atomic E-state index is 12.5. The van der Waals surface area contributed by atoms with Crippen molar-refractivity contribution in [1.29, 1.82) is 0 Å². The summed E-state index contributed by atoms with van der Waals surface area (Å²) in [6, 6.07) is 3.92. The lowest BCUT2D eigenvalue weighted by molar-refractivity contribution is -0.157. The van der Waals surface area contributed by atoms with Crippen LogP contribution in [0.1, 0.15) is 36.1 Å². The second-order valence-corrected chi connectivity index (χ2v) is 5.35. The number of hydrogen-bond acceptors (Lipinski definition) is 5. The first-order chi connectivity index (χ1) is 10.5. The van der Waals surface area contributed by atoms with Crippen LogP contribution in [0, 0.1) is 0 Å². The number of aromatic nitrogens is 3. The number of halogens is 3. The molecule has 0 N–H and O–H groups in total. The van der Waals surface area contributed by atoms with Gasteiger partial charge in [0.05, 0.1) is 0 Å². The van der Waals surface area contributed by atoms with Crippen LogP contribution in [0.25, 0.3) is 0 Å². The van der Waals surface area contributed by atoms with Crippen molar-refractivity contribution in [1.82, 2.24) is 20.1 Å². The molecule has 0 spiro atoms. The Morgan fingerprint density at radius 3 is 2.41 bits per heavy atom. The molecule has 3 rings (SSSR count). The molecule has 1 aliphatic rings. The first-order valence-corrected chi connectivity index (χ1v) is 7.04. The summed E-state index contributed by atoms with van der Waals surface area (Å²) in [6.07, 6.45) is 0.348. The van der Waals surface area contributed by atoms with Gasteiger partial charge in [0, 0.05) is 24.9 Å². The lowest BCUT2D eigenvalue weighted by Crippen LogP contribution is -2.32. The molecule has 0 aromatic carbocycles. The zero-order valence-corrected chi connectivity index (χ0v) is 11.8. The predicted molar refractivity (Wildman–Crippen MR) is 70.8 cm³/mol. The lowest BCUT2D eigenvalue weighted by atomic mass is 9.96. The highest BCUT2D eigenvalue weighted by atomic mass is 19.4. The van der Waals surface area contributed by atoms with Gasteiger partial charge in [-0.3, -0.25) is 9.88 Å². The minimum Gasteiger partial charge on any atom is -0.417 e. The summed E-state index contributed by atoms with van der Waals surface area (Å²) in [7, 11) is 0. The molecule has 1 aliphatic heterocycles. The fourth-order valence-corrected chi connectivity index (χ4v) is 2.60. The van der Waals surface area contributed by atoms with E-state index in [9.17, 15) is 13.2 Å². The van der Waals surface area contributed by atoms with Gasteiger partial charge in [0.1, 0.15) is 0 Å². The average Bonchev–Trinajstić information content (AvgIpc) is 2.99. The molecule has 1 fully saturated rings. The smallest absolute Gasteiger partial charge is 0.417 e. The Balaban J connectivity index is 1.56. The Morgan fingerprint density at radius 2 is 1.82 bits per heavy atom. The highest BCUT2D eigenvalue weighted by Gasteiger charge is 2.39. The van der Waals surface area contributed by atoms with Gasteiger partial charge in [-0.15, -0.1) is 10.2 Å². The van der Waals surface area contributed by atoms with E-state index in [0.29, 0.717) is 12.8 Å². The second kappa shape index (κ2) is 6.04. The monoisotopic (exact) mass is 312 g/mol. The van der Waals surface area contributed by atoms with Gasteiger partial charge in [-0.2, -0.15) is 13.2 Å². The summed E-state index contributed by atoms with van der Waals surface area (Å²) in [6.45, 7) is 2.39. The lowest BCUT2D eigenvalue weighted by Gasteiger charge is -2.30. The quantitative estimate of drug-likeness (QED) is 0.872. The average molecular weight is 312 g/mol. The summed E-state index contributed by atoms with van der Waals surface area (Å²) in [5.41, 5.74) is 1.17. The molecule has 2 aromatic heterocycles. The first kappa shape index (κ1) is 15.0. The van der Waals surface area contributed by atoms with Crippen LogP contribution < -0.4 is 0 Å². The third-order valence-corrected chi connectivity index (χ3v) is 3.78. The molecular formula is C14H15F3N4O. The standard InChI is InChI=1S/C14H15F3N4O/c15-14(16,17)13-20-19-12(22-13)11-3-7-21(8-4-11)9-10-1-5-18-6-2-10/h1-2,5-6,11H,3-4,7-9H2. The van der Waals surface area contributed by atoms with E-state index < -0.39 is 12.1 Å². The molecule has 0 amide bonds. The summed E-state index contributed by atoms with van der Waals surface area (Å²) < 4.78 is 42.2. The normalized spacial score (nSPS) is 17.8. The zero-order valence-electron chi connectivity index (χ0n) is 11.8. The van der Waals surface area contributed by atoms with Crippen molar-refractivity contribution in [2.24, 2.45) is 0 Å². The molecule has 3 heterocycles. The highest BCUT2D eigenvalue weighted by Crippen LogP contribution is 2.32. The topological polar surface area (TPSA) is 55.1 Å². The third kappa shape index (κ3) is 3.44. The van der Waals surface area contributed by atoms with Crippen LogP contribution in [0.4, 0.5) is 13.2 Å². The molecule has 118 valence electrons. The maximum absolute atomic E-state index is 12.5. The van der Waals surface area contributed by atoms with Crippen LogP contribution in [0.2, 0.25) is 0 Å². The van der Waals surface area contributed by atoms with Gasteiger partial charge >= 0.3 is 12.1 Å². The molecule has 0 aliphatic carbocycles. The van der Waals surface area contributed by atoms with Gasteiger partial charge < -0.3 is 4.42 Å². The van der Waals surface area contributed by atoms with E-state index in [-0.39, 0.29) is 11.8 Å². The van der Waals surface area contributed by atoms with Crippen LogP contribution in [0.3, 0.4) is 0 Å². The number of rotatable bonds is 3. The van der Waals surface area contributed by atoms with E-state index in [2.05, 4.69) is 20.1 Å². The van der Waals surface area contributed by atoms with E-state index >= 15 is 0 Å². The number of nitrogens with zero attached hydrogens (tertiary/aromatic N) is 4. The second-order valence-electron chi connectivity index (χ2n) is 5.35. The molecule has 8 heteroatoms. The zero-order chi connectivity index (χ0) is 15.6. The van der Waals surface area contributed by atoms with E-state index in [1.165, 1.54) is 5.56 Å². The van der Waals surface area contributed by atoms with Gasteiger partial charge in [0.25, 0.3) is 0 Å². The van der Waals surface area contributed by atoms with E-state index in [4.69, 9.17) is 4.42 Å². The van der Waals surface area contributed by atoms with Crippen LogP contribution in [0.15, 0.2) is 28.9 Å². The summed E-state index contributed by atoms with van der Waals surface area (Å²) in [5.74, 6) is -1.27. The van der Waals surface area contributed by atoms with Crippen LogP contribution in [0.5, 0.6) is 0 Å². The van der Waals surface area contributed by atoms with Crippen LogP contribution in [-0.4, -0.2) is 33.2 Å². The Morgan fingerprint density at radius 1 is 1.14 bits per heavy atom. The molecule has 22 heavy (non-hydrogen) atoms. The molecule has 0 radical (unpaired) electrons. The predicted octanol–water partition coefficient (Wildman–Crippen LogP) is 2.86. The molecule has 0 bridgehead atoms.